The van der Waals surface area contributed by atoms with Crippen molar-refractivity contribution in [2.75, 3.05) is 39.8 Å². The van der Waals surface area contributed by atoms with E-state index >= 15 is 0 Å². The number of benzene rings is 2. The van der Waals surface area contributed by atoms with Crippen LogP contribution in [-0.2, 0) is 4.79 Å². The molecule has 1 aliphatic rings. The smallest absolute Gasteiger partial charge is 0.220 e. The Hall–Kier alpha value is -2.13. The Bertz CT molecular complexity index is 799. The third-order valence-electron chi connectivity index (χ3n) is 6.28. The molecule has 0 spiro atoms. The normalized spacial score (nSPS) is 15.2. The van der Waals surface area contributed by atoms with Gasteiger partial charge in [-0.15, -0.1) is 24.0 Å². The van der Waals surface area contributed by atoms with Gasteiger partial charge in [0, 0.05) is 32.0 Å². The second kappa shape index (κ2) is 14.9. The summed E-state index contributed by atoms with van der Waals surface area (Å²) in [5, 5.41) is 6.95. The topological polar surface area (TPSA) is 82.8 Å². The van der Waals surface area contributed by atoms with Crippen molar-refractivity contribution >= 4 is 35.8 Å². The van der Waals surface area contributed by atoms with E-state index in [1.54, 1.807) is 0 Å². The van der Waals surface area contributed by atoms with Crippen molar-refractivity contribution in [1.29, 1.82) is 0 Å². The van der Waals surface area contributed by atoms with Crippen LogP contribution in [-0.4, -0.2) is 56.5 Å². The van der Waals surface area contributed by atoms with Crippen molar-refractivity contribution in [3.63, 3.8) is 0 Å². The molecule has 0 aliphatic carbocycles. The first-order chi connectivity index (χ1) is 15.7. The largest absolute Gasteiger partial charge is 0.369 e. The van der Waals surface area contributed by atoms with Gasteiger partial charge in [-0.3, -0.25) is 9.79 Å². The number of aliphatic imine (C=N–C) groups is 1. The molecule has 4 N–H and O–H groups in total. The number of hydrogen-bond acceptors (Lipinski definition) is 3. The SMILES string of the molecule is CN=C(NCCCCN1CCC(C(N)=O)CC1)NCC(c1ccccc1)c1ccccc1.I. The van der Waals surface area contributed by atoms with E-state index in [4.69, 9.17) is 5.73 Å². The summed E-state index contributed by atoms with van der Waals surface area (Å²) in [4.78, 5) is 18.1. The zero-order chi connectivity index (χ0) is 22.6. The van der Waals surface area contributed by atoms with Gasteiger partial charge in [-0.1, -0.05) is 60.7 Å². The van der Waals surface area contributed by atoms with Gasteiger partial charge in [0.1, 0.15) is 0 Å². The van der Waals surface area contributed by atoms with Crippen LogP contribution in [0.25, 0.3) is 0 Å². The number of nitrogens with zero attached hydrogens (tertiary/aromatic N) is 2. The van der Waals surface area contributed by atoms with Gasteiger partial charge < -0.3 is 21.3 Å². The van der Waals surface area contributed by atoms with Gasteiger partial charge in [0.15, 0.2) is 5.96 Å². The Morgan fingerprint density at radius 1 is 1.00 bits per heavy atom. The van der Waals surface area contributed by atoms with Crippen LogP contribution >= 0.6 is 24.0 Å². The Balaban J connectivity index is 0.00000385. The van der Waals surface area contributed by atoms with E-state index in [0.717, 1.165) is 64.4 Å². The van der Waals surface area contributed by atoms with Gasteiger partial charge in [0.25, 0.3) is 0 Å². The fraction of sp³-hybridized carbons (Fsp3) is 0.462. The summed E-state index contributed by atoms with van der Waals surface area (Å²) in [6.45, 7) is 4.69. The van der Waals surface area contributed by atoms with E-state index in [1.165, 1.54) is 11.1 Å². The number of piperidine rings is 1. The molecular formula is C26H38IN5O. The van der Waals surface area contributed by atoms with Crippen LogP contribution in [0.15, 0.2) is 65.7 Å². The van der Waals surface area contributed by atoms with Crippen LogP contribution in [0.2, 0.25) is 0 Å². The Labute approximate surface area is 215 Å². The Kier molecular flexibility index (Phi) is 12.2. The maximum absolute atomic E-state index is 11.3. The number of unbranched alkanes of at least 4 members (excludes halogenated alkanes) is 1. The molecular weight excluding hydrogens is 525 g/mol. The summed E-state index contributed by atoms with van der Waals surface area (Å²) >= 11 is 0. The van der Waals surface area contributed by atoms with Crippen LogP contribution < -0.4 is 16.4 Å². The summed E-state index contributed by atoms with van der Waals surface area (Å²) in [7, 11) is 1.82. The van der Waals surface area contributed by atoms with Crippen molar-refractivity contribution in [3.05, 3.63) is 71.8 Å². The highest BCUT2D eigenvalue weighted by Gasteiger charge is 2.22. The van der Waals surface area contributed by atoms with Crippen LogP contribution in [0.3, 0.4) is 0 Å². The first kappa shape index (κ1) is 27.1. The lowest BCUT2D eigenvalue weighted by Crippen LogP contribution is -2.40. The first-order valence-corrected chi connectivity index (χ1v) is 11.7. The molecule has 0 unspecified atom stereocenters. The number of carbonyl (C=O) groups excluding carboxylic acids is 1. The van der Waals surface area contributed by atoms with Crippen molar-refractivity contribution in [2.24, 2.45) is 16.6 Å². The minimum Gasteiger partial charge on any atom is -0.369 e. The zero-order valence-electron chi connectivity index (χ0n) is 19.6. The molecule has 3 rings (SSSR count). The summed E-state index contributed by atoms with van der Waals surface area (Å²) in [5.74, 6) is 1.02. The molecule has 1 fully saturated rings. The monoisotopic (exact) mass is 563 g/mol. The number of primary amides is 1. The predicted molar refractivity (Wildman–Crippen MR) is 147 cm³/mol. The number of nitrogens with one attached hydrogen (secondary N) is 2. The number of hydrogen-bond donors (Lipinski definition) is 3. The lowest BCUT2D eigenvalue weighted by atomic mass is 9.91. The van der Waals surface area contributed by atoms with Gasteiger partial charge >= 0.3 is 0 Å². The number of nitrogens with two attached hydrogens (primary N) is 1. The lowest BCUT2D eigenvalue weighted by Gasteiger charge is -2.30. The van der Waals surface area contributed by atoms with Crippen LogP contribution in [0.5, 0.6) is 0 Å². The van der Waals surface area contributed by atoms with Crippen molar-refractivity contribution in [1.82, 2.24) is 15.5 Å². The van der Waals surface area contributed by atoms with E-state index in [2.05, 4.69) is 81.2 Å². The minimum atomic E-state index is -0.144. The summed E-state index contributed by atoms with van der Waals surface area (Å²) in [5.41, 5.74) is 8.01. The van der Waals surface area contributed by atoms with Gasteiger partial charge in [0.05, 0.1) is 0 Å². The number of amides is 1. The summed E-state index contributed by atoms with van der Waals surface area (Å²) < 4.78 is 0. The second-order valence-corrected chi connectivity index (χ2v) is 8.48. The van der Waals surface area contributed by atoms with E-state index in [0.29, 0.717) is 0 Å². The molecule has 1 amide bonds. The molecule has 180 valence electrons. The molecule has 1 saturated heterocycles. The maximum Gasteiger partial charge on any atom is 0.220 e. The van der Waals surface area contributed by atoms with E-state index in [-0.39, 0.29) is 41.7 Å². The average molecular weight is 564 g/mol. The molecule has 0 aromatic heterocycles. The number of halogens is 1. The van der Waals surface area contributed by atoms with E-state index < -0.39 is 0 Å². The molecule has 0 saturated carbocycles. The van der Waals surface area contributed by atoms with Crippen molar-refractivity contribution in [3.8, 4) is 0 Å². The molecule has 0 bridgehead atoms. The third kappa shape index (κ3) is 8.97. The molecule has 2 aromatic carbocycles. The van der Waals surface area contributed by atoms with E-state index in [1.807, 2.05) is 7.05 Å². The van der Waals surface area contributed by atoms with E-state index in [9.17, 15) is 4.79 Å². The number of carbonyl (C=O) groups is 1. The Morgan fingerprint density at radius 3 is 2.09 bits per heavy atom. The molecule has 33 heavy (non-hydrogen) atoms. The van der Waals surface area contributed by atoms with Crippen LogP contribution in [0.1, 0.15) is 42.7 Å². The van der Waals surface area contributed by atoms with Crippen LogP contribution in [0, 0.1) is 5.92 Å². The fourth-order valence-corrected chi connectivity index (χ4v) is 4.33. The highest BCUT2D eigenvalue weighted by Crippen LogP contribution is 2.23. The summed E-state index contributed by atoms with van der Waals surface area (Å²) in [6.07, 6.45) is 4.00. The second-order valence-electron chi connectivity index (χ2n) is 8.48. The zero-order valence-corrected chi connectivity index (χ0v) is 21.9. The molecule has 1 aliphatic heterocycles. The Morgan fingerprint density at radius 2 is 1.58 bits per heavy atom. The van der Waals surface area contributed by atoms with Gasteiger partial charge in [-0.05, 0) is 56.4 Å². The highest BCUT2D eigenvalue weighted by atomic mass is 127. The lowest BCUT2D eigenvalue weighted by molar-refractivity contribution is -0.123. The minimum absolute atomic E-state index is 0. The molecule has 6 nitrogen and oxygen atoms in total. The molecule has 0 atom stereocenters. The first-order valence-electron chi connectivity index (χ1n) is 11.7. The number of guanidine groups is 1. The highest BCUT2D eigenvalue weighted by molar-refractivity contribution is 14.0. The maximum atomic E-state index is 11.3. The average Bonchev–Trinajstić information content (AvgIpc) is 2.84. The van der Waals surface area contributed by atoms with Crippen LogP contribution in [0.4, 0.5) is 0 Å². The summed E-state index contributed by atoms with van der Waals surface area (Å²) in [6, 6.07) is 21.2. The van der Waals surface area contributed by atoms with Crippen molar-refractivity contribution in [2.45, 2.75) is 31.6 Å². The van der Waals surface area contributed by atoms with Crippen molar-refractivity contribution < 1.29 is 4.79 Å². The standard InChI is InChI=1S/C26H37N5O.HI/c1-28-26(29-16-8-9-17-31-18-14-23(15-19-31)25(27)32)30-20-24(21-10-4-2-5-11-21)22-12-6-3-7-13-22;/h2-7,10-13,23-24H,8-9,14-20H2,1H3,(H2,27,32)(H2,28,29,30);1H. The number of likely N-dealkylation sites (tertiary alicyclic amines) is 1. The third-order valence-corrected chi connectivity index (χ3v) is 6.28. The molecule has 1 heterocycles. The quantitative estimate of drug-likeness (QED) is 0.179. The fourth-order valence-electron chi connectivity index (χ4n) is 4.33. The van der Waals surface area contributed by atoms with Gasteiger partial charge in [-0.2, -0.15) is 0 Å². The number of rotatable bonds is 10. The molecule has 2 aromatic rings. The predicted octanol–water partition coefficient (Wildman–Crippen LogP) is 3.58. The van der Waals surface area contributed by atoms with Gasteiger partial charge in [0.2, 0.25) is 5.91 Å². The molecule has 0 radical (unpaired) electrons. The molecule has 7 heteroatoms. The van der Waals surface area contributed by atoms with Gasteiger partial charge in [-0.25, -0.2) is 0 Å².